The topological polar surface area (TPSA) is 46.5 Å². The Morgan fingerprint density at radius 1 is 1.38 bits per heavy atom. The van der Waals surface area contributed by atoms with E-state index in [1.165, 1.54) is 13.2 Å². The lowest BCUT2D eigenvalue weighted by molar-refractivity contribution is 0.0992. The number of aryl methyl sites for hydroxylation is 1. The summed E-state index contributed by atoms with van der Waals surface area (Å²) in [6, 6.07) is 3.28. The maximum absolute atomic E-state index is 11.3. The summed E-state index contributed by atoms with van der Waals surface area (Å²) in [5.41, 5.74) is 1.36. The van der Waals surface area contributed by atoms with Gasteiger partial charge in [-0.05, 0) is 18.1 Å². The van der Waals surface area contributed by atoms with Crippen molar-refractivity contribution in [3.63, 3.8) is 0 Å². The molecular formula is C10H10O3. The van der Waals surface area contributed by atoms with Crippen LogP contribution >= 0.6 is 0 Å². The SMILES string of the molecule is COc1cc(O)c2c(c1)CCC2=O. The maximum Gasteiger partial charge on any atom is 0.167 e. The van der Waals surface area contributed by atoms with E-state index in [2.05, 4.69) is 0 Å². The number of fused-ring (bicyclic) bond motifs is 1. The Labute approximate surface area is 76.0 Å². The minimum Gasteiger partial charge on any atom is -0.507 e. The summed E-state index contributed by atoms with van der Waals surface area (Å²) in [7, 11) is 1.54. The van der Waals surface area contributed by atoms with Crippen LogP contribution in [0.1, 0.15) is 22.3 Å². The summed E-state index contributed by atoms with van der Waals surface area (Å²) in [5.74, 6) is 0.665. The third-order valence-electron chi connectivity index (χ3n) is 2.31. The molecule has 0 heterocycles. The summed E-state index contributed by atoms with van der Waals surface area (Å²) in [6.45, 7) is 0. The number of ether oxygens (including phenoxy) is 1. The van der Waals surface area contributed by atoms with Crippen molar-refractivity contribution in [2.24, 2.45) is 0 Å². The molecule has 0 unspecified atom stereocenters. The number of Topliss-reactive ketones (excluding diaryl/α,β-unsaturated/α-hetero) is 1. The summed E-state index contributed by atoms with van der Waals surface area (Å²) >= 11 is 0. The van der Waals surface area contributed by atoms with Gasteiger partial charge in [-0.1, -0.05) is 0 Å². The van der Waals surface area contributed by atoms with E-state index in [4.69, 9.17) is 4.74 Å². The van der Waals surface area contributed by atoms with Crippen LogP contribution in [0.5, 0.6) is 11.5 Å². The van der Waals surface area contributed by atoms with Crippen LogP contribution in [0.25, 0.3) is 0 Å². The quantitative estimate of drug-likeness (QED) is 0.709. The van der Waals surface area contributed by atoms with Crippen molar-refractivity contribution >= 4 is 5.78 Å². The molecule has 1 aliphatic carbocycles. The van der Waals surface area contributed by atoms with Gasteiger partial charge in [0, 0.05) is 12.5 Å². The van der Waals surface area contributed by atoms with Gasteiger partial charge >= 0.3 is 0 Å². The number of phenols is 1. The Bertz CT molecular complexity index is 369. The van der Waals surface area contributed by atoms with Crippen LogP contribution < -0.4 is 4.74 Å². The van der Waals surface area contributed by atoms with Gasteiger partial charge in [0.1, 0.15) is 11.5 Å². The lowest BCUT2D eigenvalue weighted by Gasteiger charge is -2.04. The molecule has 0 saturated heterocycles. The summed E-state index contributed by atoms with van der Waals surface area (Å²) in [5, 5.41) is 9.51. The smallest absolute Gasteiger partial charge is 0.167 e. The van der Waals surface area contributed by atoms with Crippen LogP contribution in [0.15, 0.2) is 12.1 Å². The largest absolute Gasteiger partial charge is 0.507 e. The van der Waals surface area contributed by atoms with E-state index in [-0.39, 0.29) is 11.5 Å². The fourth-order valence-electron chi connectivity index (χ4n) is 1.67. The summed E-state index contributed by atoms with van der Waals surface area (Å²) in [6.07, 6.45) is 1.20. The highest BCUT2D eigenvalue weighted by Crippen LogP contribution is 2.33. The van der Waals surface area contributed by atoms with E-state index < -0.39 is 0 Å². The molecule has 0 fully saturated rings. The number of aromatic hydroxyl groups is 1. The molecule has 1 aromatic carbocycles. The number of hydrogen-bond donors (Lipinski definition) is 1. The number of carbonyl (C=O) groups is 1. The number of carbonyl (C=O) groups excluding carboxylic acids is 1. The second kappa shape index (κ2) is 2.76. The molecule has 0 aromatic heterocycles. The minimum absolute atomic E-state index is 0.0233. The minimum atomic E-state index is 0.0233. The highest BCUT2D eigenvalue weighted by Gasteiger charge is 2.23. The molecule has 0 radical (unpaired) electrons. The zero-order valence-electron chi connectivity index (χ0n) is 7.33. The van der Waals surface area contributed by atoms with Gasteiger partial charge in [-0.3, -0.25) is 4.79 Å². The van der Waals surface area contributed by atoms with Gasteiger partial charge in [0.05, 0.1) is 12.7 Å². The standard InChI is InChI=1S/C10H10O3/c1-13-7-4-6-2-3-8(11)10(6)9(12)5-7/h4-5,12H,2-3H2,1H3. The van der Waals surface area contributed by atoms with Gasteiger partial charge in [0.25, 0.3) is 0 Å². The van der Waals surface area contributed by atoms with Crippen molar-refractivity contribution in [1.82, 2.24) is 0 Å². The first-order valence-corrected chi connectivity index (χ1v) is 4.15. The monoisotopic (exact) mass is 178 g/mol. The fraction of sp³-hybridized carbons (Fsp3) is 0.300. The van der Waals surface area contributed by atoms with E-state index in [1.54, 1.807) is 6.07 Å². The summed E-state index contributed by atoms with van der Waals surface area (Å²) in [4.78, 5) is 11.3. The average Bonchev–Trinajstić information content (AvgIpc) is 2.48. The molecule has 3 heteroatoms. The Kier molecular flexibility index (Phi) is 1.72. The molecule has 1 N–H and O–H groups in total. The van der Waals surface area contributed by atoms with Gasteiger partial charge in [0.2, 0.25) is 0 Å². The normalized spacial score (nSPS) is 14.4. The average molecular weight is 178 g/mol. The van der Waals surface area contributed by atoms with Gasteiger partial charge in [0.15, 0.2) is 5.78 Å². The Morgan fingerprint density at radius 2 is 2.15 bits per heavy atom. The Balaban J connectivity index is 2.59. The molecule has 2 rings (SSSR count). The van der Waals surface area contributed by atoms with Crippen LogP contribution in [0.3, 0.4) is 0 Å². The lowest BCUT2D eigenvalue weighted by Crippen LogP contribution is -1.93. The van der Waals surface area contributed by atoms with Crippen LogP contribution in [0.2, 0.25) is 0 Å². The first-order valence-electron chi connectivity index (χ1n) is 4.15. The molecule has 0 aliphatic heterocycles. The third kappa shape index (κ3) is 1.16. The van der Waals surface area contributed by atoms with Crippen LogP contribution in [0.4, 0.5) is 0 Å². The van der Waals surface area contributed by atoms with Crippen LogP contribution in [0, 0.1) is 0 Å². The predicted molar refractivity (Wildman–Crippen MR) is 47.3 cm³/mol. The van der Waals surface area contributed by atoms with Crippen molar-refractivity contribution in [3.05, 3.63) is 23.3 Å². The number of ketones is 1. The zero-order valence-corrected chi connectivity index (χ0v) is 7.33. The van der Waals surface area contributed by atoms with Crippen molar-refractivity contribution in [3.8, 4) is 11.5 Å². The molecule has 0 amide bonds. The zero-order chi connectivity index (χ0) is 9.42. The van der Waals surface area contributed by atoms with E-state index in [9.17, 15) is 9.90 Å². The van der Waals surface area contributed by atoms with Crippen molar-refractivity contribution in [2.75, 3.05) is 7.11 Å². The van der Waals surface area contributed by atoms with Crippen molar-refractivity contribution < 1.29 is 14.6 Å². The lowest BCUT2D eigenvalue weighted by atomic mass is 10.1. The van der Waals surface area contributed by atoms with Gasteiger partial charge in [-0.25, -0.2) is 0 Å². The fourth-order valence-corrected chi connectivity index (χ4v) is 1.67. The van der Waals surface area contributed by atoms with Crippen molar-refractivity contribution in [1.29, 1.82) is 0 Å². The molecule has 13 heavy (non-hydrogen) atoms. The Hall–Kier alpha value is -1.51. The van der Waals surface area contributed by atoms with Crippen LogP contribution in [-0.4, -0.2) is 18.0 Å². The number of phenolic OH excluding ortho intramolecular Hbond substituents is 1. The van der Waals surface area contributed by atoms with Crippen molar-refractivity contribution in [2.45, 2.75) is 12.8 Å². The van der Waals surface area contributed by atoms with Crippen LogP contribution in [-0.2, 0) is 6.42 Å². The highest BCUT2D eigenvalue weighted by atomic mass is 16.5. The van der Waals surface area contributed by atoms with Gasteiger partial charge < -0.3 is 9.84 Å². The molecular weight excluding hydrogens is 168 g/mol. The maximum atomic E-state index is 11.3. The van der Waals surface area contributed by atoms with E-state index in [0.29, 0.717) is 24.2 Å². The van der Waals surface area contributed by atoms with E-state index >= 15 is 0 Å². The molecule has 0 bridgehead atoms. The molecule has 3 nitrogen and oxygen atoms in total. The molecule has 1 aliphatic rings. The molecule has 68 valence electrons. The van der Waals surface area contributed by atoms with E-state index in [1.807, 2.05) is 0 Å². The number of benzene rings is 1. The third-order valence-corrected chi connectivity index (χ3v) is 2.31. The highest BCUT2D eigenvalue weighted by molar-refractivity contribution is 6.03. The van der Waals surface area contributed by atoms with Gasteiger partial charge in [-0.2, -0.15) is 0 Å². The second-order valence-corrected chi connectivity index (χ2v) is 3.10. The van der Waals surface area contributed by atoms with E-state index in [0.717, 1.165) is 5.56 Å². The second-order valence-electron chi connectivity index (χ2n) is 3.10. The first kappa shape index (κ1) is 8.10. The first-order chi connectivity index (χ1) is 6.22. The number of hydrogen-bond acceptors (Lipinski definition) is 3. The summed E-state index contributed by atoms with van der Waals surface area (Å²) < 4.78 is 4.98. The molecule has 0 atom stereocenters. The van der Waals surface area contributed by atoms with Gasteiger partial charge in [-0.15, -0.1) is 0 Å². The number of rotatable bonds is 1. The molecule has 1 aromatic rings. The molecule has 0 spiro atoms. The molecule has 0 saturated carbocycles. The number of methoxy groups -OCH3 is 1. The Morgan fingerprint density at radius 3 is 2.85 bits per heavy atom. The predicted octanol–water partition coefficient (Wildman–Crippen LogP) is 1.53.